The molecular weight excluding hydrogens is 374 g/mol. The van der Waals surface area contributed by atoms with Gasteiger partial charge in [-0.05, 0) is 49.6 Å². The second-order valence-electron chi connectivity index (χ2n) is 6.70. The number of rotatable bonds is 6. The number of anilines is 1. The number of aryl methyl sites for hydroxylation is 1. The van der Waals surface area contributed by atoms with Crippen molar-refractivity contribution in [1.82, 2.24) is 10.2 Å². The SMILES string of the molecule is Cc1cccc(OCc2nnc(SC(C)C(=O)N3CCc4ccccc43)o2)c1. The van der Waals surface area contributed by atoms with Crippen LogP contribution >= 0.6 is 11.8 Å². The molecule has 0 saturated heterocycles. The lowest BCUT2D eigenvalue weighted by molar-refractivity contribution is -0.117. The van der Waals surface area contributed by atoms with Crippen molar-refractivity contribution in [3.05, 3.63) is 65.5 Å². The molecule has 2 aromatic carbocycles. The minimum atomic E-state index is -0.322. The van der Waals surface area contributed by atoms with E-state index in [4.69, 9.17) is 9.15 Å². The number of para-hydroxylation sites is 1. The Balaban J connectivity index is 1.35. The van der Waals surface area contributed by atoms with Crippen molar-refractivity contribution >= 4 is 23.4 Å². The van der Waals surface area contributed by atoms with Crippen LogP contribution in [0.4, 0.5) is 5.69 Å². The molecule has 2 heterocycles. The van der Waals surface area contributed by atoms with Crippen molar-refractivity contribution in [3.8, 4) is 5.75 Å². The topological polar surface area (TPSA) is 68.5 Å². The van der Waals surface area contributed by atoms with E-state index in [1.165, 1.54) is 17.3 Å². The average Bonchev–Trinajstić information content (AvgIpc) is 3.32. The fourth-order valence-electron chi connectivity index (χ4n) is 3.18. The summed E-state index contributed by atoms with van der Waals surface area (Å²) in [4.78, 5) is 14.7. The smallest absolute Gasteiger partial charge is 0.277 e. The summed E-state index contributed by atoms with van der Waals surface area (Å²) in [5, 5.41) is 8.10. The summed E-state index contributed by atoms with van der Waals surface area (Å²) >= 11 is 1.27. The Kier molecular flexibility index (Phi) is 5.34. The minimum Gasteiger partial charge on any atom is -0.484 e. The first kappa shape index (κ1) is 18.6. The number of hydrogen-bond donors (Lipinski definition) is 0. The molecule has 4 rings (SSSR count). The first-order valence-corrected chi connectivity index (χ1v) is 10.1. The van der Waals surface area contributed by atoms with Gasteiger partial charge in [0.25, 0.3) is 11.1 Å². The van der Waals surface area contributed by atoms with Gasteiger partial charge in [0.2, 0.25) is 5.91 Å². The maximum Gasteiger partial charge on any atom is 0.277 e. The van der Waals surface area contributed by atoms with Gasteiger partial charge in [0.1, 0.15) is 5.75 Å². The maximum absolute atomic E-state index is 12.9. The van der Waals surface area contributed by atoms with Crippen LogP contribution in [0.5, 0.6) is 5.75 Å². The van der Waals surface area contributed by atoms with Gasteiger partial charge in [-0.3, -0.25) is 4.79 Å². The zero-order valence-electron chi connectivity index (χ0n) is 15.8. The molecule has 1 unspecified atom stereocenters. The van der Waals surface area contributed by atoms with Gasteiger partial charge in [0.15, 0.2) is 6.61 Å². The third-order valence-corrected chi connectivity index (χ3v) is 5.50. The Morgan fingerprint density at radius 2 is 2.11 bits per heavy atom. The fourth-order valence-corrected chi connectivity index (χ4v) is 3.95. The van der Waals surface area contributed by atoms with E-state index in [0.29, 0.717) is 17.7 Å². The van der Waals surface area contributed by atoms with Crippen molar-refractivity contribution < 1.29 is 13.9 Å². The van der Waals surface area contributed by atoms with Gasteiger partial charge >= 0.3 is 0 Å². The molecule has 3 aromatic rings. The molecule has 1 aliphatic heterocycles. The molecule has 0 radical (unpaired) electrons. The fraction of sp³-hybridized carbons (Fsp3) is 0.286. The van der Waals surface area contributed by atoms with Crippen molar-refractivity contribution in [3.63, 3.8) is 0 Å². The number of aromatic nitrogens is 2. The highest BCUT2D eigenvalue weighted by atomic mass is 32.2. The van der Waals surface area contributed by atoms with Crippen molar-refractivity contribution in [2.24, 2.45) is 0 Å². The number of thioether (sulfide) groups is 1. The summed E-state index contributed by atoms with van der Waals surface area (Å²) in [6.07, 6.45) is 0.889. The number of hydrogen-bond acceptors (Lipinski definition) is 6. The monoisotopic (exact) mass is 395 g/mol. The van der Waals surface area contributed by atoms with Crippen LogP contribution in [0.2, 0.25) is 0 Å². The van der Waals surface area contributed by atoms with E-state index in [2.05, 4.69) is 16.3 Å². The van der Waals surface area contributed by atoms with Crippen molar-refractivity contribution in [2.45, 2.75) is 37.3 Å². The Bertz CT molecular complexity index is 988. The molecule has 0 spiro atoms. The summed E-state index contributed by atoms with van der Waals surface area (Å²) in [6.45, 7) is 4.77. The van der Waals surface area contributed by atoms with Crippen LogP contribution in [-0.4, -0.2) is 27.9 Å². The second kappa shape index (κ2) is 8.06. The van der Waals surface area contributed by atoms with Crippen LogP contribution in [0, 0.1) is 6.92 Å². The number of amides is 1. The van der Waals surface area contributed by atoms with E-state index in [9.17, 15) is 4.79 Å². The van der Waals surface area contributed by atoms with Crippen LogP contribution in [0.25, 0.3) is 0 Å². The molecule has 144 valence electrons. The molecule has 0 saturated carbocycles. The van der Waals surface area contributed by atoms with Gasteiger partial charge in [-0.1, -0.05) is 42.1 Å². The highest BCUT2D eigenvalue weighted by Crippen LogP contribution is 2.31. The lowest BCUT2D eigenvalue weighted by atomic mass is 10.2. The van der Waals surface area contributed by atoms with Gasteiger partial charge in [-0.2, -0.15) is 0 Å². The van der Waals surface area contributed by atoms with Crippen molar-refractivity contribution in [2.75, 3.05) is 11.4 Å². The van der Waals surface area contributed by atoms with Crippen LogP contribution in [0.3, 0.4) is 0 Å². The molecule has 6 nitrogen and oxygen atoms in total. The molecule has 1 aliphatic rings. The third kappa shape index (κ3) is 4.04. The predicted molar refractivity (Wildman–Crippen MR) is 108 cm³/mol. The Hall–Kier alpha value is -2.80. The number of carbonyl (C=O) groups excluding carboxylic acids is 1. The minimum absolute atomic E-state index is 0.0470. The van der Waals surface area contributed by atoms with Gasteiger partial charge < -0.3 is 14.1 Å². The van der Waals surface area contributed by atoms with Gasteiger partial charge in [-0.15, -0.1) is 10.2 Å². The molecule has 1 atom stereocenters. The number of benzene rings is 2. The maximum atomic E-state index is 12.9. The molecule has 1 amide bonds. The van der Waals surface area contributed by atoms with Crippen LogP contribution in [0.15, 0.2) is 58.2 Å². The largest absolute Gasteiger partial charge is 0.484 e. The molecular formula is C21H21N3O3S. The third-order valence-electron chi connectivity index (χ3n) is 4.58. The summed E-state index contributed by atoms with van der Waals surface area (Å²) in [5.41, 5.74) is 3.33. The molecule has 0 N–H and O–H groups in total. The quantitative estimate of drug-likeness (QED) is 0.587. The first-order chi connectivity index (χ1) is 13.6. The van der Waals surface area contributed by atoms with E-state index in [1.807, 2.05) is 61.2 Å². The number of ether oxygens (including phenoxy) is 1. The number of carbonyl (C=O) groups is 1. The Morgan fingerprint density at radius 3 is 2.96 bits per heavy atom. The molecule has 7 heteroatoms. The van der Waals surface area contributed by atoms with E-state index in [1.54, 1.807) is 0 Å². The van der Waals surface area contributed by atoms with Crippen LogP contribution < -0.4 is 9.64 Å². The highest BCUT2D eigenvalue weighted by Gasteiger charge is 2.29. The average molecular weight is 395 g/mol. The Labute approximate surface area is 167 Å². The molecule has 0 bridgehead atoms. The van der Waals surface area contributed by atoms with E-state index in [0.717, 1.165) is 23.4 Å². The number of fused-ring (bicyclic) bond motifs is 1. The van der Waals surface area contributed by atoms with Gasteiger partial charge in [0.05, 0.1) is 5.25 Å². The highest BCUT2D eigenvalue weighted by molar-refractivity contribution is 8.00. The van der Waals surface area contributed by atoms with E-state index >= 15 is 0 Å². The zero-order chi connectivity index (χ0) is 19.5. The van der Waals surface area contributed by atoms with Crippen molar-refractivity contribution in [1.29, 1.82) is 0 Å². The first-order valence-electron chi connectivity index (χ1n) is 9.18. The van der Waals surface area contributed by atoms with Gasteiger partial charge in [-0.25, -0.2) is 0 Å². The van der Waals surface area contributed by atoms with Crippen LogP contribution in [0.1, 0.15) is 23.9 Å². The molecule has 0 fully saturated rings. The van der Waals surface area contributed by atoms with E-state index < -0.39 is 0 Å². The predicted octanol–water partition coefficient (Wildman–Crippen LogP) is 4.03. The van der Waals surface area contributed by atoms with Gasteiger partial charge in [0, 0.05) is 12.2 Å². The summed E-state index contributed by atoms with van der Waals surface area (Å²) in [5.74, 6) is 1.18. The lowest BCUT2D eigenvalue weighted by Gasteiger charge is -2.20. The molecule has 28 heavy (non-hydrogen) atoms. The van der Waals surface area contributed by atoms with E-state index in [-0.39, 0.29) is 17.8 Å². The summed E-state index contributed by atoms with van der Waals surface area (Å²) in [6, 6.07) is 15.8. The standard InChI is InChI=1S/C21H21N3O3S/c1-14-6-5-8-17(12-14)26-13-19-22-23-21(27-19)28-15(2)20(25)24-11-10-16-7-3-4-9-18(16)24/h3-9,12,15H,10-11,13H2,1-2H3. The Morgan fingerprint density at radius 1 is 1.25 bits per heavy atom. The lowest BCUT2D eigenvalue weighted by Crippen LogP contribution is -2.35. The molecule has 0 aliphatic carbocycles. The second-order valence-corrected chi connectivity index (χ2v) is 7.99. The molecule has 1 aromatic heterocycles. The van der Waals surface area contributed by atoms with Crippen LogP contribution in [-0.2, 0) is 17.8 Å². The normalized spacial score (nSPS) is 14.0. The summed E-state index contributed by atoms with van der Waals surface area (Å²) < 4.78 is 11.3. The number of nitrogens with zero attached hydrogens (tertiary/aromatic N) is 3. The zero-order valence-corrected chi connectivity index (χ0v) is 16.6. The summed E-state index contributed by atoms with van der Waals surface area (Å²) in [7, 11) is 0.